The average molecular weight is 254 g/mol. The highest BCUT2D eigenvalue weighted by molar-refractivity contribution is 5.71. The van der Waals surface area contributed by atoms with Crippen LogP contribution in [0, 0.1) is 0 Å². The van der Waals surface area contributed by atoms with E-state index < -0.39 is 12.1 Å². The lowest BCUT2D eigenvalue weighted by atomic mass is 10.2. The van der Waals surface area contributed by atoms with Gasteiger partial charge in [-0.15, -0.1) is 0 Å². The molecule has 0 aromatic carbocycles. The minimum atomic E-state index is -0.947. The van der Waals surface area contributed by atoms with Gasteiger partial charge in [0, 0.05) is 6.42 Å². The van der Waals surface area contributed by atoms with Crippen LogP contribution in [0.25, 0.3) is 0 Å². The summed E-state index contributed by atoms with van der Waals surface area (Å²) in [4.78, 5) is 21.6. The van der Waals surface area contributed by atoms with Crippen molar-refractivity contribution in [2.45, 2.75) is 25.9 Å². The van der Waals surface area contributed by atoms with Crippen LogP contribution < -0.4 is 12.4 Å². The van der Waals surface area contributed by atoms with Crippen molar-refractivity contribution in [3.63, 3.8) is 0 Å². The third-order valence-corrected chi connectivity index (χ3v) is 1.74. The number of hydrogen-bond acceptors (Lipinski definition) is 3. The Morgan fingerprint density at radius 1 is 1.31 bits per heavy atom. The summed E-state index contributed by atoms with van der Waals surface area (Å²) in [6.45, 7) is 2.18. The summed E-state index contributed by atoms with van der Waals surface area (Å²) in [5.41, 5.74) is 0. The first-order valence-corrected chi connectivity index (χ1v) is 4.96. The van der Waals surface area contributed by atoms with E-state index in [2.05, 4.69) is 0 Å². The molecule has 0 aromatic heterocycles. The minimum Gasteiger partial charge on any atom is -1.00 e. The maximum Gasteiger partial charge on any atom is 0.307 e. The van der Waals surface area contributed by atoms with Crippen molar-refractivity contribution in [3.05, 3.63) is 0 Å². The summed E-state index contributed by atoms with van der Waals surface area (Å²) in [5.74, 6) is -1.30. The molecule has 0 bridgehead atoms. The van der Waals surface area contributed by atoms with Gasteiger partial charge in [-0.05, 0) is 0 Å². The van der Waals surface area contributed by atoms with Crippen LogP contribution in [-0.4, -0.2) is 55.3 Å². The van der Waals surface area contributed by atoms with Gasteiger partial charge in [-0.25, -0.2) is 0 Å². The molecule has 1 N–H and O–H groups in total. The van der Waals surface area contributed by atoms with Crippen molar-refractivity contribution in [2.24, 2.45) is 0 Å². The van der Waals surface area contributed by atoms with Crippen molar-refractivity contribution in [1.29, 1.82) is 0 Å². The molecule has 6 heteroatoms. The number of ether oxygens (including phenoxy) is 1. The number of carbonyl (C=O) groups excluding carboxylic acids is 1. The summed E-state index contributed by atoms with van der Waals surface area (Å²) in [5, 5.41) is 8.67. The van der Waals surface area contributed by atoms with E-state index in [9.17, 15) is 9.59 Å². The summed E-state index contributed by atoms with van der Waals surface area (Å²) in [6.07, 6.45) is -0.413. The van der Waals surface area contributed by atoms with Crippen molar-refractivity contribution in [1.82, 2.24) is 0 Å². The lowest BCUT2D eigenvalue weighted by Gasteiger charge is -2.28. The summed E-state index contributed by atoms with van der Waals surface area (Å²) >= 11 is 0. The number of likely N-dealkylation sites (N-methyl/N-ethyl adjacent to an activating group) is 1. The van der Waals surface area contributed by atoms with E-state index in [1.807, 2.05) is 21.1 Å². The molecule has 0 unspecified atom stereocenters. The van der Waals surface area contributed by atoms with Crippen LogP contribution >= 0.6 is 0 Å². The second-order valence-electron chi connectivity index (χ2n) is 4.54. The van der Waals surface area contributed by atoms with Crippen molar-refractivity contribution >= 4 is 11.9 Å². The van der Waals surface area contributed by atoms with Gasteiger partial charge in [0.2, 0.25) is 0 Å². The van der Waals surface area contributed by atoms with Crippen LogP contribution in [0.4, 0.5) is 0 Å². The highest BCUT2D eigenvalue weighted by Gasteiger charge is 2.23. The molecule has 0 spiro atoms. The number of nitrogens with zero attached hydrogens (tertiary/aromatic N) is 1. The molecule has 96 valence electrons. The normalized spacial score (nSPS) is 12.5. The maximum absolute atomic E-state index is 11.1. The number of carbonyl (C=O) groups is 2. The Bertz CT molecular complexity index is 237. The Morgan fingerprint density at radius 2 is 1.81 bits per heavy atom. The van der Waals surface area contributed by atoms with E-state index in [-0.39, 0.29) is 31.2 Å². The molecule has 0 fully saturated rings. The van der Waals surface area contributed by atoms with E-state index >= 15 is 0 Å². The molecule has 0 heterocycles. The first kappa shape index (κ1) is 17.6. The van der Waals surface area contributed by atoms with E-state index in [0.29, 0.717) is 11.0 Å². The molecule has 0 aliphatic heterocycles. The van der Waals surface area contributed by atoms with Crippen LogP contribution in [0.15, 0.2) is 0 Å². The van der Waals surface area contributed by atoms with E-state index in [4.69, 9.17) is 9.84 Å². The molecule has 0 aliphatic carbocycles. The Kier molecular flexibility index (Phi) is 8.20. The SMILES string of the molecule is CCC(=O)O[C@@H](CC(=O)O)C[N+](C)(C)C.[Cl-]. The zero-order valence-corrected chi connectivity index (χ0v) is 11.0. The van der Waals surface area contributed by atoms with Gasteiger partial charge in [-0.2, -0.15) is 0 Å². The standard InChI is InChI=1S/C10H19NO4.ClH/c1-5-10(14)15-8(6-9(12)13)7-11(2,3)4;/h8H,5-7H2,1-4H3;1H/t8-;/m0./s1. The summed E-state index contributed by atoms with van der Waals surface area (Å²) in [6, 6.07) is 0. The highest BCUT2D eigenvalue weighted by atomic mass is 35.5. The molecule has 0 rings (SSSR count). The zero-order valence-electron chi connectivity index (χ0n) is 10.2. The number of carboxylic acid groups (broad SMARTS) is 1. The number of halogens is 1. The average Bonchev–Trinajstić information content (AvgIpc) is 1.99. The Labute approximate surface area is 102 Å². The number of rotatable bonds is 6. The fourth-order valence-electron chi connectivity index (χ4n) is 1.22. The van der Waals surface area contributed by atoms with Crippen LogP contribution in [0.2, 0.25) is 0 Å². The fourth-order valence-corrected chi connectivity index (χ4v) is 1.22. The van der Waals surface area contributed by atoms with E-state index in [1.165, 1.54) is 0 Å². The van der Waals surface area contributed by atoms with Crippen molar-refractivity contribution < 1.29 is 36.3 Å². The first-order chi connectivity index (χ1) is 6.74. The van der Waals surface area contributed by atoms with Gasteiger partial charge >= 0.3 is 11.9 Å². The van der Waals surface area contributed by atoms with Gasteiger partial charge in [0.15, 0.2) is 6.10 Å². The van der Waals surface area contributed by atoms with Crippen LogP contribution in [0.1, 0.15) is 19.8 Å². The van der Waals surface area contributed by atoms with E-state index in [0.717, 1.165) is 0 Å². The van der Waals surface area contributed by atoms with Crippen molar-refractivity contribution in [2.75, 3.05) is 27.7 Å². The van der Waals surface area contributed by atoms with Crippen molar-refractivity contribution in [3.8, 4) is 0 Å². The molecule has 5 nitrogen and oxygen atoms in total. The van der Waals surface area contributed by atoms with E-state index in [1.54, 1.807) is 6.92 Å². The molecule has 0 aromatic rings. The van der Waals surface area contributed by atoms with Gasteiger partial charge in [-0.3, -0.25) is 9.59 Å². The second kappa shape index (κ2) is 7.46. The molecular formula is C10H20ClNO4. The van der Waals surface area contributed by atoms with Gasteiger partial charge in [-0.1, -0.05) is 6.92 Å². The van der Waals surface area contributed by atoms with Crippen LogP contribution in [0.3, 0.4) is 0 Å². The van der Waals surface area contributed by atoms with Crippen LogP contribution in [-0.2, 0) is 14.3 Å². The van der Waals surface area contributed by atoms with Crippen LogP contribution in [0.5, 0.6) is 0 Å². The largest absolute Gasteiger partial charge is 1.00 e. The summed E-state index contributed by atoms with van der Waals surface area (Å²) < 4.78 is 5.62. The Balaban J connectivity index is 0. The Hall–Kier alpha value is -0.810. The third kappa shape index (κ3) is 9.73. The lowest BCUT2D eigenvalue weighted by Crippen LogP contribution is -3.00. The van der Waals surface area contributed by atoms with Gasteiger partial charge in [0.25, 0.3) is 0 Å². The predicted octanol–water partition coefficient (Wildman–Crippen LogP) is -2.51. The van der Waals surface area contributed by atoms with Gasteiger partial charge < -0.3 is 26.7 Å². The summed E-state index contributed by atoms with van der Waals surface area (Å²) in [7, 11) is 5.78. The number of carboxylic acids is 1. The van der Waals surface area contributed by atoms with Gasteiger partial charge in [0.1, 0.15) is 6.54 Å². The number of hydrogen-bond donors (Lipinski definition) is 1. The molecule has 0 aliphatic rings. The maximum atomic E-state index is 11.1. The zero-order chi connectivity index (χ0) is 12.1. The molecule has 1 atom stereocenters. The lowest BCUT2D eigenvalue weighted by molar-refractivity contribution is -0.873. The highest BCUT2D eigenvalue weighted by Crippen LogP contribution is 2.06. The molecule has 0 saturated carbocycles. The first-order valence-electron chi connectivity index (χ1n) is 4.96. The second-order valence-corrected chi connectivity index (χ2v) is 4.54. The number of aliphatic carboxylic acids is 1. The smallest absolute Gasteiger partial charge is 0.307 e. The topological polar surface area (TPSA) is 63.6 Å². The molecule has 0 saturated heterocycles. The third-order valence-electron chi connectivity index (χ3n) is 1.74. The number of esters is 1. The fraction of sp³-hybridized carbons (Fsp3) is 0.800. The molecular weight excluding hydrogens is 234 g/mol. The Morgan fingerprint density at radius 3 is 2.12 bits per heavy atom. The van der Waals surface area contributed by atoms with Gasteiger partial charge in [0.05, 0.1) is 27.6 Å². The number of quaternary nitrogens is 1. The quantitative estimate of drug-likeness (QED) is 0.420. The minimum absolute atomic E-state index is 0. The predicted molar refractivity (Wildman–Crippen MR) is 55.3 cm³/mol. The monoisotopic (exact) mass is 253 g/mol. The molecule has 16 heavy (non-hydrogen) atoms. The molecule has 0 amide bonds. The molecule has 0 radical (unpaired) electrons.